The minimum atomic E-state index is -0.579. The molecule has 1 atom stereocenters. The van der Waals surface area contributed by atoms with Crippen molar-refractivity contribution in [2.45, 2.75) is 25.9 Å². The fourth-order valence-electron chi connectivity index (χ4n) is 2.66. The van der Waals surface area contributed by atoms with Gasteiger partial charge < -0.3 is 9.63 Å². The third-order valence-corrected chi connectivity index (χ3v) is 4.05. The van der Waals surface area contributed by atoms with E-state index in [1.807, 2.05) is 25.1 Å². The van der Waals surface area contributed by atoms with E-state index in [0.29, 0.717) is 6.42 Å². The number of benzene rings is 2. The van der Waals surface area contributed by atoms with Crippen molar-refractivity contribution in [2.24, 2.45) is 0 Å². The molecule has 122 valence electrons. The normalized spacial score (nSPS) is 12.6. The molecule has 0 aliphatic carbocycles. The molecule has 0 aliphatic rings. The van der Waals surface area contributed by atoms with E-state index in [9.17, 15) is 5.11 Å². The van der Waals surface area contributed by atoms with Crippen molar-refractivity contribution in [1.82, 2.24) is 5.16 Å². The first kappa shape index (κ1) is 16.2. The molecule has 3 nitrogen and oxygen atoms in total. The third-order valence-electron chi connectivity index (χ3n) is 4.05. The maximum Gasteiger partial charge on any atom is 0.129 e. The van der Waals surface area contributed by atoms with Gasteiger partial charge in [0.15, 0.2) is 0 Å². The zero-order chi connectivity index (χ0) is 16.8. The summed E-state index contributed by atoms with van der Waals surface area (Å²) in [6.07, 6.45) is 6.41. The lowest BCUT2D eigenvalue weighted by molar-refractivity contribution is 0.180. The molecule has 3 heteroatoms. The van der Waals surface area contributed by atoms with Crippen LogP contribution in [-0.2, 0) is 6.42 Å². The maximum atomic E-state index is 10.1. The van der Waals surface area contributed by atoms with E-state index in [1.165, 1.54) is 17.4 Å². The second-order valence-electron chi connectivity index (χ2n) is 5.91. The first-order valence-corrected chi connectivity index (χ1v) is 8.11. The van der Waals surface area contributed by atoms with Crippen LogP contribution in [0.1, 0.15) is 40.5 Å². The van der Waals surface area contributed by atoms with Gasteiger partial charge in [-0.25, -0.2) is 0 Å². The molecule has 2 aromatic carbocycles. The topological polar surface area (TPSA) is 46.3 Å². The SMILES string of the molecule is Cc1nocc1C(O)C/C=C/c1ccc(Cc2ccccc2)cc1. The van der Waals surface area contributed by atoms with Crippen LogP contribution in [0.2, 0.25) is 0 Å². The van der Waals surface area contributed by atoms with Gasteiger partial charge in [0.2, 0.25) is 0 Å². The largest absolute Gasteiger partial charge is 0.388 e. The first-order chi connectivity index (χ1) is 11.7. The van der Waals surface area contributed by atoms with E-state index in [-0.39, 0.29) is 0 Å². The van der Waals surface area contributed by atoms with Crippen LogP contribution in [0.4, 0.5) is 0 Å². The van der Waals surface area contributed by atoms with Gasteiger partial charge in [0, 0.05) is 5.56 Å². The summed E-state index contributed by atoms with van der Waals surface area (Å²) in [6.45, 7) is 1.83. The predicted molar refractivity (Wildman–Crippen MR) is 95.5 cm³/mol. The number of aromatic nitrogens is 1. The number of hydrogen-bond donors (Lipinski definition) is 1. The highest BCUT2D eigenvalue weighted by molar-refractivity contribution is 5.50. The third kappa shape index (κ3) is 4.21. The van der Waals surface area contributed by atoms with E-state index in [0.717, 1.165) is 23.2 Å². The molecule has 0 saturated carbocycles. The Hall–Kier alpha value is -2.65. The smallest absolute Gasteiger partial charge is 0.129 e. The van der Waals surface area contributed by atoms with Crippen LogP contribution >= 0.6 is 0 Å². The summed E-state index contributed by atoms with van der Waals surface area (Å²) in [6, 6.07) is 18.9. The number of aliphatic hydroxyl groups is 1. The standard InChI is InChI=1S/C21H21NO2/c1-16-20(15-24-22-16)21(23)9-5-8-17-10-12-19(13-11-17)14-18-6-3-2-4-7-18/h2-8,10-13,15,21,23H,9,14H2,1H3/b8-5+. The molecule has 0 saturated heterocycles. The van der Waals surface area contributed by atoms with Crippen molar-refractivity contribution in [3.8, 4) is 0 Å². The molecule has 0 radical (unpaired) electrons. The van der Waals surface area contributed by atoms with Crippen molar-refractivity contribution in [2.75, 3.05) is 0 Å². The molecule has 0 aliphatic heterocycles. The predicted octanol–water partition coefficient (Wildman–Crippen LogP) is 4.71. The van der Waals surface area contributed by atoms with Crippen LogP contribution in [0.5, 0.6) is 0 Å². The van der Waals surface area contributed by atoms with Crippen molar-refractivity contribution >= 4 is 6.08 Å². The molecule has 24 heavy (non-hydrogen) atoms. The Labute approximate surface area is 142 Å². The molecule has 0 fully saturated rings. The van der Waals surface area contributed by atoms with E-state index in [2.05, 4.69) is 53.7 Å². The van der Waals surface area contributed by atoms with Gasteiger partial charge in [-0.05, 0) is 36.5 Å². The lowest BCUT2D eigenvalue weighted by Crippen LogP contribution is -1.96. The lowest BCUT2D eigenvalue weighted by atomic mass is 10.0. The van der Waals surface area contributed by atoms with Gasteiger partial charge in [-0.15, -0.1) is 0 Å². The molecular formula is C21H21NO2. The number of hydrogen-bond acceptors (Lipinski definition) is 3. The van der Waals surface area contributed by atoms with Gasteiger partial charge in [-0.1, -0.05) is 71.9 Å². The Kier molecular flexibility index (Phi) is 5.24. The van der Waals surface area contributed by atoms with Crippen LogP contribution in [0.15, 0.2) is 71.5 Å². The Morgan fingerprint density at radius 3 is 2.42 bits per heavy atom. The van der Waals surface area contributed by atoms with Gasteiger partial charge >= 0.3 is 0 Å². The number of aliphatic hydroxyl groups excluding tert-OH is 1. The molecule has 3 aromatic rings. The maximum absolute atomic E-state index is 10.1. The first-order valence-electron chi connectivity index (χ1n) is 8.11. The zero-order valence-corrected chi connectivity index (χ0v) is 13.7. The summed E-state index contributed by atoms with van der Waals surface area (Å²) in [7, 11) is 0. The Morgan fingerprint density at radius 1 is 1.04 bits per heavy atom. The molecular weight excluding hydrogens is 298 g/mol. The minimum absolute atomic E-state index is 0.536. The van der Waals surface area contributed by atoms with Gasteiger partial charge in [-0.3, -0.25) is 0 Å². The summed E-state index contributed by atoms with van der Waals surface area (Å²) in [5, 5.41) is 13.9. The fraction of sp³-hybridized carbons (Fsp3) is 0.190. The van der Waals surface area contributed by atoms with E-state index in [1.54, 1.807) is 0 Å². The quantitative estimate of drug-likeness (QED) is 0.715. The van der Waals surface area contributed by atoms with Crippen molar-refractivity contribution in [1.29, 1.82) is 0 Å². The highest BCUT2D eigenvalue weighted by Gasteiger charge is 2.11. The van der Waals surface area contributed by atoms with E-state index < -0.39 is 6.10 Å². The van der Waals surface area contributed by atoms with Gasteiger partial charge in [-0.2, -0.15) is 0 Å². The fourth-order valence-corrected chi connectivity index (χ4v) is 2.66. The second-order valence-corrected chi connectivity index (χ2v) is 5.91. The Morgan fingerprint density at radius 2 is 1.75 bits per heavy atom. The molecule has 3 rings (SSSR count). The summed E-state index contributed by atoms with van der Waals surface area (Å²) < 4.78 is 4.86. The van der Waals surface area contributed by atoms with Crippen LogP contribution in [-0.4, -0.2) is 10.3 Å². The highest BCUT2D eigenvalue weighted by atomic mass is 16.5. The molecule has 0 spiro atoms. The average Bonchev–Trinajstić information content (AvgIpc) is 3.03. The highest BCUT2D eigenvalue weighted by Crippen LogP contribution is 2.20. The summed E-state index contributed by atoms with van der Waals surface area (Å²) >= 11 is 0. The minimum Gasteiger partial charge on any atom is -0.388 e. The summed E-state index contributed by atoms with van der Waals surface area (Å²) in [5.41, 5.74) is 5.21. The molecule has 1 heterocycles. The Bertz CT molecular complexity index is 788. The molecule has 1 unspecified atom stereocenters. The summed E-state index contributed by atoms with van der Waals surface area (Å²) in [4.78, 5) is 0. The molecule has 1 aromatic heterocycles. The van der Waals surface area contributed by atoms with Crippen LogP contribution in [0.25, 0.3) is 6.08 Å². The Balaban J connectivity index is 1.57. The van der Waals surface area contributed by atoms with E-state index in [4.69, 9.17) is 4.52 Å². The van der Waals surface area contributed by atoms with Crippen LogP contribution in [0, 0.1) is 6.92 Å². The van der Waals surface area contributed by atoms with E-state index >= 15 is 0 Å². The molecule has 1 N–H and O–H groups in total. The second kappa shape index (κ2) is 7.75. The number of aryl methyl sites for hydroxylation is 1. The summed E-state index contributed by atoms with van der Waals surface area (Å²) in [5.74, 6) is 0. The van der Waals surface area contributed by atoms with Crippen molar-refractivity contribution in [3.63, 3.8) is 0 Å². The molecule has 0 amide bonds. The lowest BCUT2D eigenvalue weighted by Gasteiger charge is -2.05. The number of rotatable bonds is 6. The van der Waals surface area contributed by atoms with Crippen molar-refractivity contribution in [3.05, 3.63) is 94.9 Å². The monoisotopic (exact) mass is 319 g/mol. The van der Waals surface area contributed by atoms with Crippen LogP contribution in [0.3, 0.4) is 0 Å². The zero-order valence-electron chi connectivity index (χ0n) is 13.7. The number of nitrogens with zero attached hydrogens (tertiary/aromatic N) is 1. The van der Waals surface area contributed by atoms with Gasteiger partial charge in [0.05, 0.1) is 11.8 Å². The van der Waals surface area contributed by atoms with Gasteiger partial charge in [0.25, 0.3) is 0 Å². The average molecular weight is 319 g/mol. The van der Waals surface area contributed by atoms with Crippen LogP contribution < -0.4 is 0 Å². The van der Waals surface area contributed by atoms with Crippen molar-refractivity contribution < 1.29 is 9.63 Å². The molecule has 0 bridgehead atoms. The van der Waals surface area contributed by atoms with Gasteiger partial charge in [0.1, 0.15) is 6.26 Å².